The molecule has 0 spiro atoms. The summed E-state index contributed by atoms with van der Waals surface area (Å²) < 4.78 is 0. The number of aryl methyl sites for hydroxylation is 2. The molecule has 1 nitrogen and oxygen atoms in total. The van der Waals surface area contributed by atoms with Crippen LogP contribution in [0.15, 0.2) is 12.1 Å². The quantitative estimate of drug-likeness (QED) is 0.739. The van der Waals surface area contributed by atoms with Crippen LogP contribution >= 0.6 is 0 Å². The molecule has 0 atom stereocenters. The zero-order valence-electron chi connectivity index (χ0n) is 11.3. The molecule has 0 N–H and O–H groups in total. The van der Waals surface area contributed by atoms with E-state index in [9.17, 15) is 4.79 Å². The van der Waals surface area contributed by atoms with Gasteiger partial charge in [0.15, 0.2) is 0 Å². The molecule has 0 aromatic heterocycles. The second-order valence-corrected chi connectivity index (χ2v) is 5.72. The van der Waals surface area contributed by atoms with E-state index in [1.54, 1.807) is 6.92 Å². The first-order valence-corrected chi connectivity index (χ1v) is 5.82. The molecule has 0 saturated heterocycles. The summed E-state index contributed by atoms with van der Waals surface area (Å²) in [5, 5.41) is 0. The van der Waals surface area contributed by atoms with Crippen LogP contribution in [0.2, 0.25) is 0 Å². The topological polar surface area (TPSA) is 17.1 Å². The molecule has 0 radical (unpaired) electrons. The van der Waals surface area contributed by atoms with E-state index in [1.165, 1.54) is 22.3 Å². The number of benzene rings is 1. The largest absolute Gasteiger partial charge is 0.300 e. The molecule has 0 aliphatic heterocycles. The van der Waals surface area contributed by atoms with Crippen LogP contribution in [0.1, 0.15) is 49.9 Å². The monoisotopic (exact) mass is 218 g/mol. The summed E-state index contributed by atoms with van der Waals surface area (Å²) in [5.74, 6) is 0.231. The fourth-order valence-corrected chi connectivity index (χ4v) is 1.95. The van der Waals surface area contributed by atoms with Gasteiger partial charge in [0.05, 0.1) is 0 Å². The van der Waals surface area contributed by atoms with Crippen molar-refractivity contribution in [3.8, 4) is 0 Å². The minimum atomic E-state index is 0.171. The summed E-state index contributed by atoms with van der Waals surface area (Å²) in [5.41, 5.74) is 5.18. The lowest BCUT2D eigenvalue weighted by Gasteiger charge is -2.22. The average molecular weight is 218 g/mol. The number of hydrogen-bond donors (Lipinski definition) is 0. The second-order valence-electron chi connectivity index (χ2n) is 5.72. The lowest BCUT2D eigenvalue weighted by molar-refractivity contribution is -0.116. The first kappa shape index (κ1) is 13.0. The van der Waals surface area contributed by atoms with Crippen LogP contribution in [-0.4, -0.2) is 5.78 Å². The highest BCUT2D eigenvalue weighted by atomic mass is 16.1. The molecule has 0 heterocycles. The molecule has 0 amide bonds. The molecule has 1 heteroatoms. The predicted molar refractivity (Wildman–Crippen MR) is 69.0 cm³/mol. The van der Waals surface area contributed by atoms with Gasteiger partial charge in [-0.05, 0) is 48.4 Å². The normalized spacial score (nSPS) is 11.6. The van der Waals surface area contributed by atoms with E-state index < -0.39 is 0 Å². The fraction of sp³-hybridized carbons (Fsp3) is 0.533. The Morgan fingerprint density at radius 2 is 1.56 bits per heavy atom. The van der Waals surface area contributed by atoms with Gasteiger partial charge < -0.3 is 0 Å². The third-order valence-corrected chi connectivity index (χ3v) is 2.99. The summed E-state index contributed by atoms with van der Waals surface area (Å²) in [6.45, 7) is 12.5. The fourth-order valence-electron chi connectivity index (χ4n) is 1.95. The highest BCUT2D eigenvalue weighted by molar-refractivity contribution is 5.79. The van der Waals surface area contributed by atoms with Gasteiger partial charge in [-0.25, -0.2) is 0 Å². The van der Waals surface area contributed by atoms with Crippen LogP contribution in [0, 0.1) is 13.8 Å². The molecule has 0 fully saturated rings. The van der Waals surface area contributed by atoms with Crippen LogP contribution in [0.5, 0.6) is 0 Å². The third kappa shape index (κ3) is 2.94. The van der Waals surface area contributed by atoms with E-state index in [0.29, 0.717) is 6.42 Å². The van der Waals surface area contributed by atoms with Crippen LogP contribution < -0.4 is 0 Å². The Morgan fingerprint density at radius 3 is 1.88 bits per heavy atom. The van der Waals surface area contributed by atoms with Crippen LogP contribution in [0.3, 0.4) is 0 Å². The number of carbonyl (C=O) groups is 1. The number of rotatable bonds is 2. The SMILES string of the molecule is CC(=O)Cc1c(C)cc(C(C)(C)C)cc1C. The lowest BCUT2D eigenvalue weighted by Crippen LogP contribution is -2.13. The van der Waals surface area contributed by atoms with Crippen molar-refractivity contribution in [3.05, 3.63) is 34.4 Å². The Labute approximate surface area is 98.9 Å². The molecule has 88 valence electrons. The Bertz CT molecular complexity index is 385. The van der Waals surface area contributed by atoms with Crippen molar-refractivity contribution >= 4 is 5.78 Å². The number of Topliss-reactive ketones (excluding diaryl/α,β-unsaturated/α-hetero) is 1. The average Bonchev–Trinajstić information content (AvgIpc) is 2.09. The molecule has 0 unspecified atom stereocenters. The zero-order valence-corrected chi connectivity index (χ0v) is 11.3. The Kier molecular flexibility index (Phi) is 3.57. The maximum absolute atomic E-state index is 11.2. The van der Waals surface area contributed by atoms with Crippen LogP contribution in [-0.2, 0) is 16.6 Å². The molecule has 16 heavy (non-hydrogen) atoms. The van der Waals surface area contributed by atoms with E-state index in [4.69, 9.17) is 0 Å². The summed E-state index contributed by atoms with van der Waals surface area (Å²) >= 11 is 0. The first-order valence-electron chi connectivity index (χ1n) is 5.82. The minimum Gasteiger partial charge on any atom is -0.300 e. The van der Waals surface area contributed by atoms with Crippen molar-refractivity contribution in [2.45, 2.75) is 53.4 Å². The molecular weight excluding hydrogens is 196 g/mol. The van der Waals surface area contributed by atoms with E-state index in [2.05, 4.69) is 46.8 Å². The molecule has 0 bridgehead atoms. The lowest BCUT2D eigenvalue weighted by atomic mass is 9.83. The van der Waals surface area contributed by atoms with Gasteiger partial charge in [-0.2, -0.15) is 0 Å². The van der Waals surface area contributed by atoms with Gasteiger partial charge in [0, 0.05) is 6.42 Å². The van der Waals surface area contributed by atoms with Crippen molar-refractivity contribution in [2.75, 3.05) is 0 Å². The van der Waals surface area contributed by atoms with Gasteiger partial charge in [-0.15, -0.1) is 0 Å². The molecular formula is C15H22O. The summed E-state index contributed by atoms with van der Waals surface area (Å²) in [6, 6.07) is 4.43. The smallest absolute Gasteiger partial charge is 0.134 e. The third-order valence-electron chi connectivity index (χ3n) is 2.99. The number of carbonyl (C=O) groups excluding carboxylic acids is 1. The first-order chi connectivity index (χ1) is 7.21. The Hall–Kier alpha value is -1.11. The maximum atomic E-state index is 11.2. The van der Waals surface area contributed by atoms with E-state index in [-0.39, 0.29) is 11.2 Å². The van der Waals surface area contributed by atoms with Crippen molar-refractivity contribution < 1.29 is 4.79 Å². The highest BCUT2D eigenvalue weighted by Crippen LogP contribution is 2.27. The highest BCUT2D eigenvalue weighted by Gasteiger charge is 2.16. The molecule has 0 aliphatic carbocycles. The van der Waals surface area contributed by atoms with E-state index in [1.807, 2.05) is 0 Å². The molecule has 0 aliphatic rings. The van der Waals surface area contributed by atoms with Crippen molar-refractivity contribution in [2.24, 2.45) is 0 Å². The molecule has 1 rings (SSSR count). The Morgan fingerprint density at radius 1 is 1.12 bits per heavy atom. The van der Waals surface area contributed by atoms with Crippen molar-refractivity contribution in [1.82, 2.24) is 0 Å². The maximum Gasteiger partial charge on any atom is 0.134 e. The standard InChI is InChI=1S/C15H22O/c1-10-7-13(15(4,5)6)8-11(2)14(10)9-12(3)16/h7-8H,9H2,1-6H3. The van der Waals surface area contributed by atoms with Crippen LogP contribution in [0.25, 0.3) is 0 Å². The summed E-state index contributed by atoms with van der Waals surface area (Å²) in [6.07, 6.45) is 0.558. The van der Waals surface area contributed by atoms with Crippen molar-refractivity contribution in [1.29, 1.82) is 0 Å². The summed E-state index contributed by atoms with van der Waals surface area (Å²) in [7, 11) is 0. The van der Waals surface area contributed by atoms with Gasteiger partial charge in [-0.3, -0.25) is 4.79 Å². The summed E-state index contributed by atoms with van der Waals surface area (Å²) in [4.78, 5) is 11.2. The predicted octanol–water partition coefficient (Wildman–Crippen LogP) is 3.73. The molecule has 1 aromatic carbocycles. The van der Waals surface area contributed by atoms with Gasteiger partial charge in [0.2, 0.25) is 0 Å². The van der Waals surface area contributed by atoms with Gasteiger partial charge >= 0.3 is 0 Å². The van der Waals surface area contributed by atoms with Crippen LogP contribution in [0.4, 0.5) is 0 Å². The molecule has 1 aromatic rings. The van der Waals surface area contributed by atoms with Gasteiger partial charge in [-0.1, -0.05) is 32.9 Å². The minimum absolute atomic E-state index is 0.171. The van der Waals surface area contributed by atoms with Crippen molar-refractivity contribution in [3.63, 3.8) is 0 Å². The zero-order chi connectivity index (χ0) is 12.5. The number of ketones is 1. The van der Waals surface area contributed by atoms with Gasteiger partial charge in [0.1, 0.15) is 5.78 Å². The second kappa shape index (κ2) is 4.40. The Balaban J connectivity index is 3.23. The van der Waals surface area contributed by atoms with E-state index in [0.717, 1.165) is 0 Å². The number of hydrogen-bond acceptors (Lipinski definition) is 1. The van der Waals surface area contributed by atoms with Gasteiger partial charge in [0.25, 0.3) is 0 Å². The van der Waals surface area contributed by atoms with E-state index >= 15 is 0 Å². The molecule has 0 saturated carbocycles.